The molecule has 3 heteroatoms. The molecule has 0 spiro atoms. The van der Waals surface area contributed by atoms with Gasteiger partial charge in [0.15, 0.2) is 0 Å². The van der Waals surface area contributed by atoms with Crippen LogP contribution in [0.15, 0.2) is 60.7 Å². The number of anilines is 1. The van der Waals surface area contributed by atoms with Gasteiger partial charge in [-0.2, -0.15) is 0 Å². The van der Waals surface area contributed by atoms with E-state index in [0.717, 1.165) is 24.1 Å². The molecule has 0 radical (unpaired) electrons. The molecule has 4 unspecified atom stereocenters. The Morgan fingerprint density at radius 3 is 2.21 bits per heavy atom. The van der Waals surface area contributed by atoms with Gasteiger partial charge in [-0.25, -0.2) is 0 Å². The van der Waals surface area contributed by atoms with Gasteiger partial charge in [-0.3, -0.25) is 4.79 Å². The zero-order valence-corrected chi connectivity index (χ0v) is 13.8. The summed E-state index contributed by atoms with van der Waals surface area (Å²) in [4.78, 5) is 15.3. The monoisotopic (exact) mass is 320 g/mol. The number of hydrogen-bond acceptors (Lipinski definition) is 2. The average molecular weight is 320 g/mol. The second-order valence-electron chi connectivity index (χ2n) is 7.18. The standard InChI is InChI=1S/C21H24N2O/c22-20-17-12-11-16(13-17)19(20)21(24)23(18-9-5-2-6-10-18)14-15-7-3-1-4-8-15/h1-10,16-17,19-20H,11-14,22H2. The largest absolute Gasteiger partial charge is 0.327 e. The van der Waals surface area contributed by atoms with Crippen LogP contribution in [0.2, 0.25) is 0 Å². The van der Waals surface area contributed by atoms with Crippen LogP contribution in [0.1, 0.15) is 24.8 Å². The van der Waals surface area contributed by atoms with E-state index in [1.165, 1.54) is 6.42 Å². The van der Waals surface area contributed by atoms with E-state index >= 15 is 0 Å². The first kappa shape index (κ1) is 15.4. The Bertz CT molecular complexity index is 698. The Hall–Kier alpha value is -2.13. The quantitative estimate of drug-likeness (QED) is 0.935. The van der Waals surface area contributed by atoms with Gasteiger partial charge in [0, 0.05) is 11.7 Å². The van der Waals surface area contributed by atoms with Gasteiger partial charge in [-0.1, -0.05) is 48.5 Å². The molecule has 2 aromatic rings. The van der Waals surface area contributed by atoms with Gasteiger partial charge >= 0.3 is 0 Å². The van der Waals surface area contributed by atoms with E-state index in [1.54, 1.807) is 0 Å². The number of nitrogens with two attached hydrogens (primary N) is 1. The number of para-hydroxylation sites is 1. The molecule has 2 aliphatic rings. The number of amides is 1. The Morgan fingerprint density at radius 1 is 0.958 bits per heavy atom. The summed E-state index contributed by atoms with van der Waals surface area (Å²) in [6.07, 6.45) is 3.48. The average Bonchev–Trinajstić information content (AvgIpc) is 3.22. The van der Waals surface area contributed by atoms with Crippen LogP contribution in [0.4, 0.5) is 5.69 Å². The van der Waals surface area contributed by atoms with E-state index in [2.05, 4.69) is 12.1 Å². The predicted octanol–water partition coefficient (Wildman–Crippen LogP) is 3.59. The molecular formula is C21H24N2O. The fourth-order valence-corrected chi connectivity index (χ4v) is 4.55. The van der Waals surface area contributed by atoms with Gasteiger partial charge in [0.2, 0.25) is 5.91 Å². The van der Waals surface area contributed by atoms with Crippen LogP contribution in [0, 0.1) is 17.8 Å². The lowest BCUT2D eigenvalue weighted by Gasteiger charge is -2.33. The normalized spacial score (nSPS) is 28.0. The molecule has 0 aliphatic heterocycles. The second kappa shape index (κ2) is 6.40. The van der Waals surface area contributed by atoms with Crippen LogP contribution in [-0.4, -0.2) is 11.9 Å². The minimum Gasteiger partial charge on any atom is -0.327 e. The highest BCUT2D eigenvalue weighted by molar-refractivity contribution is 5.96. The summed E-state index contributed by atoms with van der Waals surface area (Å²) in [6.45, 7) is 0.601. The smallest absolute Gasteiger partial charge is 0.232 e. The number of nitrogens with zero attached hydrogens (tertiary/aromatic N) is 1. The van der Waals surface area contributed by atoms with Gasteiger partial charge in [0.25, 0.3) is 0 Å². The number of carbonyl (C=O) groups is 1. The SMILES string of the molecule is NC1C2CCC(C2)C1C(=O)N(Cc1ccccc1)c1ccccc1. The van der Waals surface area contributed by atoms with Gasteiger partial charge in [-0.15, -0.1) is 0 Å². The van der Waals surface area contributed by atoms with Crippen molar-refractivity contribution in [2.45, 2.75) is 31.8 Å². The summed E-state index contributed by atoms with van der Waals surface area (Å²) in [5, 5.41) is 0. The molecule has 2 N–H and O–H groups in total. The first-order valence-electron chi connectivity index (χ1n) is 8.90. The van der Waals surface area contributed by atoms with Crippen LogP contribution in [0.3, 0.4) is 0 Å². The number of hydrogen-bond donors (Lipinski definition) is 1. The summed E-state index contributed by atoms with van der Waals surface area (Å²) in [5.41, 5.74) is 8.53. The van der Waals surface area contributed by atoms with Crippen molar-refractivity contribution in [1.29, 1.82) is 0 Å². The zero-order valence-electron chi connectivity index (χ0n) is 13.8. The highest BCUT2D eigenvalue weighted by Crippen LogP contribution is 2.48. The molecule has 2 bridgehead atoms. The molecule has 2 aliphatic carbocycles. The van der Waals surface area contributed by atoms with E-state index in [1.807, 2.05) is 53.4 Å². The fraction of sp³-hybridized carbons (Fsp3) is 0.381. The summed E-state index contributed by atoms with van der Waals surface area (Å²) < 4.78 is 0. The lowest BCUT2D eigenvalue weighted by molar-refractivity contribution is -0.124. The van der Waals surface area contributed by atoms with Crippen molar-refractivity contribution in [2.75, 3.05) is 4.90 Å². The lowest BCUT2D eigenvalue weighted by Crippen LogP contribution is -2.47. The lowest BCUT2D eigenvalue weighted by atomic mass is 9.84. The van der Waals surface area contributed by atoms with Crippen molar-refractivity contribution in [3.63, 3.8) is 0 Å². The van der Waals surface area contributed by atoms with Gasteiger partial charge in [0.05, 0.1) is 12.5 Å². The van der Waals surface area contributed by atoms with Crippen LogP contribution in [0.5, 0.6) is 0 Å². The minimum absolute atomic E-state index is 0.0207. The third-order valence-electron chi connectivity index (χ3n) is 5.78. The van der Waals surface area contributed by atoms with Crippen LogP contribution < -0.4 is 10.6 Å². The number of benzene rings is 2. The van der Waals surface area contributed by atoms with Crippen LogP contribution in [0.25, 0.3) is 0 Å². The first-order chi connectivity index (χ1) is 11.7. The summed E-state index contributed by atoms with van der Waals surface area (Å²) in [5.74, 6) is 1.19. The zero-order chi connectivity index (χ0) is 16.5. The number of carbonyl (C=O) groups excluding carboxylic acids is 1. The molecule has 24 heavy (non-hydrogen) atoms. The van der Waals surface area contributed by atoms with Crippen molar-refractivity contribution in [3.8, 4) is 0 Å². The molecule has 4 rings (SSSR count). The van der Waals surface area contributed by atoms with E-state index < -0.39 is 0 Å². The van der Waals surface area contributed by atoms with E-state index in [4.69, 9.17) is 5.73 Å². The molecule has 0 saturated heterocycles. The fourth-order valence-electron chi connectivity index (χ4n) is 4.55. The molecule has 0 heterocycles. The molecule has 2 saturated carbocycles. The maximum atomic E-state index is 13.4. The molecule has 4 atom stereocenters. The Balaban J connectivity index is 1.64. The molecule has 3 nitrogen and oxygen atoms in total. The number of rotatable bonds is 4. The summed E-state index contributed by atoms with van der Waals surface area (Å²) in [7, 11) is 0. The van der Waals surface area contributed by atoms with Crippen molar-refractivity contribution in [1.82, 2.24) is 0 Å². The number of fused-ring (bicyclic) bond motifs is 2. The topological polar surface area (TPSA) is 46.3 Å². The van der Waals surface area contributed by atoms with Crippen molar-refractivity contribution >= 4 is 11.6 Å². The molecule has 0 aromatic heterocycles. The predicted molar refractivity (Wildman–Crippen MR) is 96.4 cm³/mol. The molecule has 2 fully saturated rings. The van der Waals surface area contributed by atoms with Gasteiger partial charge < -0.3 is 10.6 Å². The van der Waals surface area contributed by atoms with Crippen molar-refractivity contribution in [2.24, 2.45) is 23.5 Å². The first-order valence-corrected chi connectivity index (χ1v) is 8.90. The van der Waals surface area contributed by atoms with Crippen molar-refractivity contribution < 1.29 is 4.79 Å². The third-order valence-corrected chi connectivity index (χ3v) is 5.78. The maximum Gasteiger partial charge on any atom is 0.232 e. The van der Waals surface area contributed by atoms with Gasteiger partial charge in [-0.05, 0) is 48.8 Å². The van der Waals surface area contributed by atoms with E-state index in [-0.39, 0.29) is 17.9 Å². The van der Waals surface area contributed by atoms with Crippen molar-refractivity contribution in [3.05, 3.63) is 66.2 Å². The van der Waals surface area contributed by atoms with Crippen LogP contribution in [-0.2, 0) is 11.3 Å². The maximum absolute atomic E-state index is 13.4. The van der Waals surface area contributed by atoms with Crippen LogP contribution >= 0.6 is 0 Å². The summed E-state index contributed by atoms with van der Waals surface area (Å²) >= 11 is 0. The second-order valence-corrected chi connectivity index (χ2v) is 7.18. The Labute approximate surface area is 143 Å². The highest BCUT2D eigenvalue weighted by atomic mass is 16.2. The Kier molecular flexibility index (Phi) is 4.11. The van der Waals surface area contributed by atoms with Gasteiger partial charge in [0.1, 0.15) is 0 Å². The molecule has 1 amide bonds. The van der Waals surface area contributed by atoms with E-state index in [0.29, 0.717) is 18.4 Å². The molecular weight excluding hydrogens is 296 g/mol. The third kappa shape index (κ3) is 2.73. The highest BCUT2D eigenvalue weighted by Gasteiger charge is 2.50. The summed E-state index contributed by atoms with van der Waals surface area (Å²) in [6, 6.07) is 20.2. The minimum atomic E-state index is -0.0207. The molecule has 2 aromatic carbocycles. The van der Waals surface area contributed by atoms with E-state index in [9.17, 15) is 4.79 Å². The Morgan fingerprint density at radius 2 is 1.58 bits per heavy atom. The molecule has 124 valence electrons.